The van der Waals surface area contributed by atoms with Crippen LogP contribution in [-0.2, 0) is 0 Å². The third-order valence-corrected chi connectivity index (χ3v) is 3.44. The molecule has 0 aliphatic carbocycles. The van der Waals surface area contributed by atoms with Gasteiger partial charge in [-0.1, -0.05) is 23.1 Å². The van der Waals surface area contributed by atoms with Crippen LogP contribution in [0.15, 0.2) is 4.34 Å². The molecular formula is C7H10N4S2. The quantitative estimate of drug-likeness (QED) is 0.563. The molecule has 0 aromatic carbocycles. The summed E-state index contributed by atoms with van der Waals surface area (Å²) in [7, 11) is 3.87. The van der Waals surface area contributed by atoms with Gasteiger partial charge in [0.25, 0.3) is 0 Å². The van der Waals surface area contributed by atoms with E-state index in [1.54, 1.807) is 23.1 Å². The van der Waals surface area contributed by atoms with E-state index in [1.807, 2.05) is 19.0 Å². The van der Waals surface area contributed by atoms with Gasteiger partial charge in [0.15, 0.2) is 4.34 Å². The van der Waals surface area contributed by atoms with Crippen molar-refractivity contribution in [3.63, 3.8) is 0 Å². The Labute approximate surface area is 85.6 Å². The molecule has 1 heterocycles. The van der Waals surface area contributed by atoms with Crippen molar-refractivity contribution in [2.24, 2.45) is 0 Å². The SMILES string of the molecule is CN(C)c1nnc(SCCC#N)s1. The lowest BCUT2D eigenvalue weighted by atomic mass is 10.6. The van der Waals surface area contributed by atoms with Crippen molar-refractivity contribution in [3.8, 4) is 6.07 Å². The average molecular weight is 214 g/mol. The van der Waals surface area contributed by atoms with E-state index in [9.17, 15) is 0 Å². The van der Waals surface area contributed by atoms with Gasteiger partial charge in [-0.15, -0.1) is 10.2 Å². The molecule has 1 rings (SSSR count). The van der Waals surface area contributed by atoms with Crippen LogP contribution in [0.2, 0.25) is 0 Å². The molecule has 0 unspecified atom stereocenters. The molecule has 6 heteroatoms. The first-order valence-electron chi connectivity index (χ1n) is 3.74. The number of hydrogen-bond acceptors (Lipinski definition) is 6. The Morgan fingerprint density at radius 1 is 1.54 bits per heavy atom. The second-order valence-corrected chi connectivity index (χ2v) is 4.80. The zero-order valence-electron chi connectivity index (χ0n) is 7.52. The lowest BCUT2D eigenvalue weighted by Gasteiger charge is -2.03. The van der Waals surface area contributed by atoms with Crippen molar-refractivity contribution < 1.29 is 0 Å². The van der Waals surface area contributed by atoms with Gasteiger partial charge >= 0.3 is 0 Å². The fourth-order valence-electron chi connectivity index (χ4n) is 0.626. The van der Waals surface area contributed by atoms with Crippen LogP contribution in [0.25, 0.3) is 0 Å². The first-order chi connectivity index (χ1) is 6.24. The summed E-state index contributed by atoms with van der Waals surface area (Å²) in [6.07, 6.45) is 0.557. The van der Waals surface area contributed by atoms with Crippen molar-refractivity contribution >= 4 is 28.2 Å². The lowest BCUT2D eigenvalue weighted by Crippen LogP contribution is -2.07. The maximum absolute atomic E-state index is 8.33. The monoisotopic (exact) mass is 214 g/mol. The zero-order valence-corrected chi connectivity index (χ0v) is 9.15. The predicted molar refractivity (Wildman–Crippen MR) is 55.2 cm³/mol. The molecule has 0 fully saturated rings. The minimum Gasteiger partial charge on any atom is -0.353 e. The Morgan fingerprint density at radius 2 is 2.31 bits per heavy atom. The molecule has 1 aromatic rings. The number of rotatable bonds is 4. The van der Waals surface area contributed by atoms with Gasteiger partial charge in [0.05, 0.1) is 6.07 Å². The van der Waals surface area contributed by atoms with Crippen LogP contribution in [0.1, 0.15) is 6.42 Å². The summed E-state index contributed by atoms with van der Waals surface area (Å²) < 4.78 is 0.930. The number of thioether (sulfide) groups is 1. The van der Waals surface area contributed by atoms with Crippen molar-refractivity contribution in [1.29, 1.82) is 5.26 Å². The molecule has 0 atom stereocenters. The first-order valence-corrected chi connectivity index (χ1v) is 5.55. The summed E-state index contributed by atoms with van der Waals surface area (Å²) in [4.78, 5) is 1.92. The van der Waals surface area contributed by atoms with E-state index in [0.717, 1.165) is 15.2 Å². The molecule has 0 saturated carbocycles. The maximum Gasteiger partial charge on any atom is 0.208 e. The first kappa shape index (κ1) is 10.3. The largest absolute Gasteiger partial charge is 0.353 e. The second-order valence-electron chi connectivity index (χ2n) is 2.50. The standard InChI is InChI=1S/C7H10N4S2/c1-11(2)6-9-10-7(13-6)12-5-3-4-8/h3,5H2,1-2H3. The van der Waals surface area contributed by atoms with Gasteiger partial charge in [0.1, 0.15) is 0 Å². The van der Waals surface area contributed by atoms with Crippen molar-refractivity contribution in [3.05, 3.63) is 0 Å². The molecule has 0 bridgehead atoms. The van der Waals surface area contributed by atoms with E-state index in [0.29, 0.717) is 6.42 Å². The number of hydrogen-bond donors (Lipinski definition) is 0. The van der Waals surface area contributed by atoms with Crippen LogP contribution in [0, 0.1) is 11.3 Å². The van der Waals surface area contributed by atoms with Gasteiger partial charge in [-0.3, -0.25) is 0 Å². The number of nitriles is 1. The molecule has 0 amide bonds. The van der Waals surface area contributed by atoms with E-state index in [1.165, 1.54) is 0 Å². The Balaban J connectivity index is 2.45. The molecule has 0 saturated heterocycles. The van der Waals surface area contributed by atoms with E-state index in [4.69, 9.17) is 5.26 Å². The fourth-order valence-corrected chi connectivity index (χ4v) is 2.30. The van der Waals surface area contributed by atoms with Gasteiger partial charge in [0, 0.05) is 26.3 Å². The molecule has 13 heavy (non-hydrogen) atoms. The molecule has 0 aliphatic rings. The van der Waals surface area contributed by atoms with Crippen LogP contribution >= 0.6 is 23.1 Å². The zero-order chi connectivity index (χ0) is 9.68. The van der Waals surface area contributed by atoms with Crippen LogP contribution < -0.4 is 4.90 Å². The van der Waals surface area contributed by atoms with E-state index >= 15 is 0 Å². The van der Waals surface area contributed by atoms with Crippen LogP contribution in [-0.4, -0.2) is 30.0 Å². The fraction of sp³-hybridized carbons (Fsp3) is 0.571. The number of aromatic nitrogens is 2. The topological polar surface area (TPSA) is 52.8 Å². The van der Waals surface area contributed by atoms with Gasteiger partial charge < -0.3 is 4.90 Å². The molecule has 0 spiro atoms. The van der Waals surface area contributed by atoms with Crippen molar-refractivity contribution in [2.75, 3.05) is 24.7 Å². The van der Waals surface area contributed by atoms with Crippen LogP contribution in [0.3, 0.4) is 0 Å². The third-order valence-electron chi connectivity index (χ3n) is 1.22. The molecular weight excluding hydrogens is 204 g/mol. The third kappa shape index (κ3) is 3.20. The van der Waals surface area contributed by atoms with Gasteiger partial charge in [-0.25, -0.2) is 0 Å². The second kappa shape index (κ2) is 5.04. The highest BCUT2D eigenvalue weighted by Crippen LogP contribution is 2.26. The molecule has 0 aliphatic heterocycles. The van der Waals surface area contributed by atoms with E-state index in [2.05, 4.69) is 16.3 Å². The Bertz CT molecular complexity index is 302. The van der Waals surface area contributed by atoms with Gasteiger partial charge in [-0.2, -0.15) is 5.26 Å². The van der Waals surface area contributed by atoms with Crippen molar-refractivity contribution in [2.45, 2.75) is 10.8 Å². The van der Waals surface area contributed by atoms with E-state index in [-0.39, 0.29) is 0 Å². The lowest BCUT2D eigenvalue weighted by molar-refractivity contribution is 0.972. The minimum absolute atomic E-state index is 0.557. The maximum atomic E-state index is 8.33. The molecule has 70 valence electrons. The summed E-state index contributed by atoms with van der Waals surface area (Å²) in [5, 5.41) is 17.2. The molecule has 1 aromatic heterocycles. The van der Waals surface area contributed by atoms with Gasteiger partial charge in [0.2, 0.25) is 5.13 Å². The molecule has 4 nitrogen and oxygen atoms in total. The Kier molecular flexibility index (Phi) is 3.99. The Hall–Kier alpha value is -0.800. The minimum atomic E-state index is 0.557. The summed E-state index contributed by atoms with van der Waals surface area (Å²) in [5.41, 5.74) is 0. The molecule has 0 N–H and O–H groups in total. The van der Waals surface area contributed by atoms with Crippen LogP contribution in [0.4, 0.5) is 5.13 Å². The van der Waals surface area contributed by atoms with Crippen LogP contribution in [0.5, 0.6) is 0 Å². The highest BCUT2D eigenvalue weighted by molar-refractivity contribution is 8.01. The normalized spacial score (nSPS) is 9.62. The smallest absolute Gasteiger partial charge is 0.208 e. The summed E-state index contributed by atoms with van der Waals surface area (Å²) in [6.45, 7) is 0. The summed E-state index contributed by atoms with van der Waals surface area (Å²) in [6, 6.07) is 2.09. The van der Waals surface area contributed by atoms with Crippen molar-refractivity contribution in [1.82, 2.24) is 10.2 Å². The highest BCUT2D eigenvalue weighted by Gasteiger charge is 2.05. The number of anilines is 1. The van der Waals surface area contributed by atoms with Gasteiger partial charge in [-0.05, 0) is 0 Å². The molecule has 0 radical (unpaired) electrons. The summed E-state index contributed by atoms with van der Waals surface area (Å²) in [5.74, 6) is 0.790. The number of nitrogens with zero attached hydrogens (tertiary/aromatic N) is 4. The predicted octanol–water partition coefficient (Wildman–Crippen LogP) is 1.61. The van der Waals surface area contributed by atoms with E-state index < -0.39 is 0 Å². The summed E-state index contributed by atoms with van der Waals surface area (Å²) >= 11 is 3.13. The Morgan fingerprint density at radius 3 is 2.85 bits per heavy atom. The highest BCUT2D eigenvalue weighted by atomic mass is 32.2. The average Bonchev–Trinajstić information content (AvgIpc) is 2.53.